The Kier molecular flexibility index (Phi) is 34.5. The van der Waals surface area contributed by atoms with Crippen LogP contribution in [0.2, 0.25) is 0 Å². The van der Waals surface area contributed by atoms with Crippen molar-refractivity contribution in [1.29, 1.82) is 0 Å². The zero-order valence-corrected chi connectivity index (χ0v) is 34.9. The molecule has 0 aromatic carbocycles. The van der Waals surface area contributed by atoms with Crippen LogP contribution in [-0.4, -0.2) is 75.5 Å². The van der Waals surface area contributed by atoms with Crippen LogP contribution in [0.25, 0.3) is 0 Å². The minimum atomic E-state index is -1.14. The monoisotopic (exact) mass is 756 g/mol. The molecule has 0 saturated heterocycles. The Bertz CT molecular complexity index is 1110. The number of carbonyl (C=O) groups excluding carboxylic acids is 3. The first-order valence-corrected chi connectivity index (χ1v) is 21.0. The second-order valence-electron chi connectivity index (χ2n) is 14.8. The summed E-state index contributed by atoms with van der Waals surface area (Å²) in [6.45, 7) is 4.44. The Morgan fingerprint density at radius 1 is 0.574 bits per heavy atom. The molecular weight excluding hydrogens is 679 g/mol. The number of nitrogens with zero attached hydrogens (tertiary/aromatic N) is 1. The van der Waals surface area contributed by atoms with Gasteiger partial charge in [-0.05, 0) is 77.0 Å². The average Bonchev–Trinajstić information content (AvgIpc) is 3.12. The van der Waals surface area contributed by atoms with Crippen molar-refractivity contribution in [3.8, 4) is 0 Å². The predicted octanol–water partition coefficient (Wildman–Crippen LogP) is 9.85. The molecule has 0 radical (unpaired) electrons. The summed E-state index contributed by atoms with van der Waals surface area (Å²) in [5, 5.41) is 11.6. The largest absolute Gasteiger partial charge is 0.544 e. The van der Waals surface area contributed by atoms with E-state index in [1.807, 2.05) is 0 Å². The van der Waals surface area contributed by atoms with Gasteiger partial charge in [-0.15, -0.1) is 0 Å². The third kappa shape index (κ3) is 34.5. The number of hydrogen-bond acceptors (Lipinski definition) is 7. The van der Waals surface area contributed by atoms with E-state index >= 15 is 0 Å². The van der Waals surface area contributed by atoms with E-state index in [1.165, 1.54) is 19.3 Å². The van der Waals surface area contributed by atoms with Crippen LogP contribution >= 0.6 is 0 Å². The summed E-state index contributed by atoms with van der Waals surface area (Å²) in [6, 6.07) is -0.735. The van der Waals surface area contributed by atoms with Gasteiger partial charge in [0.2, 0.25) is 0 Å². The van der Waals surface area contributed by atoms with Crippen molar-refractivity contribution >= 4 is 17.9 Å². The molecule has 0 fully saturated rings. The van der Waals surface area contributed by atoms with Crippen LogP contribution in [0.15, 0.2) is 72.9 Å². The molecule has 0 amide bonds. The molecule has 0 aromatic rings. The van der Waals surface area contributed by atoms with Crippen molar-refractivity contribution in [2.75, 3.05) is 41.0 Å². The minimum Gasteiger partial charge on any atom is -0.544 e. The molecule has 0 rings (SSSR count). The van der Waals surface area contributed by atoms with Gasteiger partial charge in [-0.25, -0.2) is 0 Å². The van der Waals surface area contributed by atoms with Crippen molar-refractivity contribution in [2.24, 2.45) is 0 Å². The van der Waals surface area contributed by atoms with E-state index in [4.69, 9.17) is 14.2 Å². The van der Waals surface area contributed by atoms with Gasteiger partial charge in [0.15, 0.2) is 6.10 Å². The first kappa shape index (κ1) is 50.8. The highest BCUT2D eigenvalue weighted by molar-refractivity contribution is 5.70. The molecule has 0 bridgehead atoms. The average molecular weight is 756 g/mol. The van der Waals surface area contributed by atoms with Crippen molar-refractivity contribution in [1.82, 2.24) is 0 Å². The number of esters is 2. The second-order valence-corrected chi connectivity index (χ2v) is 14.8. The van der Waals surface area contributed by atoms with Crippen molar-refractivity contribution in [3.63, 3.8) is 0 Å². The molecule has 0 aromatic heterocycles. The summed E-state index contributed by atoms with van der Waals surface area (Å²) < 4.78 is 17.1. The summed E-state index contributed by atoms with van der Waals surface area (Å²) in [7, 11) is 5.38. The van der Waals surface area contributed by atoms with Gasteiger partial charge in [-0.3, -0.25) is 9.59 Å². The van der Waals surface area contributed by atoms with Crippen LogP contribution in [0.4, 0.5) is 0 Å². The quantitative estimate of drug-likeness (QED) is 0.0272. The number of rotatable bonds is 36. The van der Waals surface area contributed by atoms with Crippen LogP contribution in [0.5, 0.6) is 0 Å². The van der Waals surface area contributed by atoms with E-state index in [0.29, 0.717) is 12.8 Å². The van der Waals surface area contributed by atoms with Gasteiger partial charge in [0, 0.05) is 19.3 Å². The lowest BCUT2D eigenvalue weighted by atomic mass is 10.1. The van der Waals surface area contributed by atoms with Crippen LogP contribution in [0.3, 0.4) is 0 Å². The number of likely N-dealkylation sites (N-methyl/N-ethyl adjacent to an activating group) is 1. The second kappa shape index (κ2) is 36.7. The molecule has 0 aliphatic carbocycles. The molecule has 308 valence electrons. The van der Waals surface area contributed by atoms with Gasteiger partial charge < -0.3 is 28.6 Å². The van der Waals surface area contributed by atoms with Gasteiger partial charge in [0.25, 0.3) is 0 Å². The van der Waals surface area contributed by atoms with Crippen molar-refractivity contribution < 1.29 is 38.2 Å². The van der Waals surface area contributed by atoms with Gasteiger partial charge >= 0.3 is 11.9 Å². The molecular formula is C46H77NO7. The zero-order chi connectivity index (χ0) is 40.0. The predicted molar refractivity (Wildman–Crippen MR) is 222 cm³/mol. The summed E-state index contributed by atoms with van der Waals surface area (Å²) >= 11 is 0. The van der Waals surface area contributed by atoms with Crippen molar-refractivity contribution in [3.05, 3.63) is 72.9 Å². The third-order valence-corrected chi connectivity index (χ3v) is 8.83. The summed E-state index contributed by atoms with van der Waals surface area (Å²) in [6.07, 6.45) is 45.0. The number of quaternary nitrogens is 1. The maximum absolute atomic E-state index is 12.7. The number of unbranched alkanes of at least 4 members (excludes halogenated alkanes) is 10. The first-order valence-electron chi connectivity index (χ1n) is 21.0. The molecule has 54 heavy (non-hydrogen) atoms. The molecule has 0 N–H and O–H groups in total. The van der Waals surface area contributed by atoms with Gasteiger partial charge in [-0.2, -0.15) is 0 Å². The molecule has 2 atom stereocenters. The van der Waals surface area contributed by atoms with Crippen LogP contribution in [-0.2, 0) is 28.6 Å². The molecule has 8 heteroatoms. The molecule has 8 nitrogen and oxygen atoms in total. The number of allylic oxidation sites excluding steroid dienone is 12. The Hall–Kier alpha value is -3.23. The number of carbonyl (C=O) groups is 3. The highest BCUT2D eigenvalue weighted by atomic mass is 16.6. The summed E-state index contributed by atoms with van der Waals surface area (Å²) in [5.41, 5.74) is 0. The number of aliphatic carboxylic acids is 1. The number of hydrogen-bond donors (Lipinski definition) is 0. The highest BCUT2D eigenvalue weighted by Crippen LogP contribution is 2.12. The Balaban J connectivity index is 4.45. The first-order chi connectivity index (χ1) is 26.1. The number of carboxylic acids is 1. The highest BCUT2D eigenvalue weighted by Gasteiger charge is 2.25. The van der Waals surface area contributed by atoms with Gasteiger partial charge in [-0.1, -0.05) is 125 Å². The molecule has 0 aliphatic heterocycles. The van der Waals surface area contributed by atoms with Crippen LogP contribution in [0, 0.1) is 0 Å². The smallest absolute Gasteiger partial charge is 0.306 e. The molecule has 0 aliphatic rings. The lowest BCUT2D eigenvalue weighted by Crippen LogP contribution is -2.55. The SMILES string of the molecule is CC/C=C\C/C=C\C/C=C\C/C=C\C/C=C\CCCCCC(=O)OC(COCCC(C(=O)[O-])[N+](C)(C)C)COC(=O)CCCCCCC/C=C\CCCC. The van der Waals surface area contributed by atoms with Gasteiger partial charge in [0.1, 0.15) is 12.6 Å². The summed E-state index contributed by atoms with van der Waals surface area (Å²) in [4.78, 5) is 36.7. The Morgan fingerprint density at radius 2 is 1.04 bits per heavy atom. The van der Waals surface area contributed by atoms with E-state index in [1.54, 1.807) is 21.1 Å². The normalized spacial score (nSPS) is 13.7. The molecule has 2 unspecified atom stereocenters. The molecule has 0 saturated carbocycles. The lowest BCUT2D eigenvalue weighted by Gasteiger charge is -2.34. The standard InChI is InChI=1S/C46H77NO7/c1-6-8-10-12-14-16-18-19-20-21-22-23-24-25-27-29-31-33-35-37-45(49)54-42(40-52-39-38-43(46(50)51)47(3,4)5)41-53-44(48)36-34-32-30-28-26-17-15-13-11-9-7-2/h8,10,13-16,19-20,22-23,25,27,42-43H,6-7,9,11-12,17-18,21,24,26,28-41H2,1-5H3/b10-8-,15-13-,16-14-,20-19-,23-22-,27-25-. The van der Waals surface area contributed by atoms with E-state index < -0.39 is 18.1 Å². The fourth-order valence-corrected chi connectivity index (χ4v) is 5.55. The van der Waals surface area contributed by atoms with E-state index in [2.05, 4.69) is 86.8 Å². The van der Waals surface area contributed by atoms with E-state index in [9.17, 15) is 19.5 Å². The third-order valence-electron chi connectivity index (χ3n) is 8.83. The molecule has 0 spiro atoms. The maximum atomic E-state index is 12.7. The van der Waals surface area contributed by atoms with Gasteiger partial charge in [0.05, 0.1) is 40.3 Å². The number of ether oxygens (including phenoxy) is 3. The fraction of sp³-hybridized carbons (Fsp3) is 0.674. The lowest BCUT2D eigenvalue weighted by molar-refractivity contribution is -0.889. The Morgan fingerprint density at radius 3 is 1.57 bits per heavy atom. The minimum absolute atomic E-state index is 0.0207. The summed E-state index contributed by atoms with van der Waals surface area (Å²) in [5.74, 6) is -1.80. The van der Waals surface area contributed by atoms with E-state index in [-0.39, 0.29) is 49.1 Å². The Labute approximate surface area is 330 Å². The fourth-order valence-electron chi connectivity index (χ4n) is 5.55. The topological polar surface area (TPSA) is 102 Å². The molecule has 0 heterocycles. The van der Waals surface area contributed by atoms with Crippen molar-refractivity contribution in [2.45, 2.75) is 161 Å². The van der Waals surface area contributed by atoms with Crippen LogP contribution < -0.4 is 5.11 Å². The maximum Gasteiger partial charge on any atom is 0.306 e. The van der Waals surface area contributed by atoms with Crippen LogP contribution in [0.1, 0.15) is 149 Å². The van der Waals surface area contributed by atoms with E-state index in [0.717, 1.165) is 89.9 Å². The zero-order valence-electron chi connectivity index (χ0n) is 34.9. The number of carboxylic acid groups (broad SMARTS) is 1.